The van der Waals surface area contributed by atoms with Crippen LogP contribution in [0.4, 0.5) is 0 Å². The summed E-state index contributed by atoms with van der Waals surface area (Å²) in [6.45, 7) is 2.79. The first-order valence-electron chi connectivity index (χ1n) is 9.00. The van der Waals surface area contributed by atoms with Gasteiger partial charge in [-0.1, -0.05) is 11.6 Å². The number of carbonyl (C=O) groups is 3. The van der Waals surface area contributed by atoms with Crippen molar-refractivity contribution in [1.29, 1.82) is 0 Å². The van der Waals surface area contributed by atoms with Gasteiger partial charge in [-0.15, -0.1) is 0 Å². The Morgan fingerprint density at radius 3 is 2.67 bits per heavy atom. The minimum absolute atomic E-state index is 0.0124. The molecular weight excluding hydrogens is 352 g/mol. The summed E-state index contributed by atoms with van der Waals surface area (Å²) < 4.78 is 11.0. The van der Waals surface area contributed by atoms with Crippen molar-refractivity contribution in [3.8, 4) is 0 Å². The maximum atomic E-state index is 12.6. The van der Waals surface area contributed by atoms with Gasteiger partial charge in [0.25, 0.3) is 0 Å². The van der Waals surface area contributed by atoms with Gasteiger partial charge in [0.1, 0.15) is 6.10 Å². The summed E-state index contributed by atoms with van der Waals surface area (Å²) >= 11 is 0. The highest BCUT2D eigenvalue weighted by atomic mass is 16.6. The van der Waals surface area contributed by atoms with Crippen LogP contribution in [0.3, 0.4) is 0 Å². The second-order valence-corrected chi connectivity index (χ2v) is 7.40. The molecule has 0 radical (unpaired) electrons. The summed E-state index contributed by atoms with van der Waals surface area (Å²) in [5.41, 5.74) is -0.606. The molecule has 1 saturated heterocycles. The van der Waals surface area contributed by atoms with Crippen LogP contribution in [0.15, 0.2) is 35.5 Å². The second kappa shape index (κ2) is 7.05. The lowest BCUT2D eigenvalue weighted by atomic mass is 9.87. The Hall–Kier alpha value is -2.25. The van der Waals surface area contributed by atoms with E-state index in [1.165, 1.54) is 13.0 Å². The first kappa shape index (κ1) is 19.5. The van der Waals surface area contributed by atoms with Crippen molar-refractivity contribution in [2.24, 2.45) is 11.3 Å². The second-order valence-electron chi connectivity index (χ2n) is 7.40. The van der Waals surface area contributed by atoms with E-state index in [1.54, 1.807) is 12.2 Å². The van der Waals surface area contributed by atoms with Gasteiger partial charge in [0.2, 0.25) is 0 Å². The van der Waals surface area contributed by atoms with Crippen LogP contribution in [-0.4, -0.2) is 52.9 Å². The number of fused-ring (bicyclic) bond motifs is 1. The molecule has 1 aliphatic heterocycles. The Bertz CT molecular complexity index is 756. The maximum Gasteiger partial charge on any atom is 0.307 e. The van der Waals surface area contributed by atoms with Gasteiger partial charge in [0.15, 0.2) is 11.4 Å². The van der Waals surface area contributed by atoms with E-state index in [1.807, 2.05) is 13.0 Å². The minimum atomic E-state index is -1.07. The molecule has 1 spiro atoms. The normalized spacial score (nSPS) is 33.9. The van der Waals surface area contributed by atoms with Crippen molar-refractivity contribution in [2.45, 2.75) is 44.8 Å². The molecule has 0 amide bonds. The van der Waals surface area contributed by atoms with E-state index in [0.29, 0.717) is 18.4 Å². The fraction of sp³-hybridized carbons (Fsp3) is 0.550. The highest BCUT2D eigenvalue weighted by molar-refractivity contribution is 6.06. The van der Waals surface area contributed by atoms with Crippen LogP contribution in [0.2, 0.25) is 0 Å². The van der Waals surface area contributed by atoms with E-state index in [4.69, 9.17) is 19.7 Å². The zero-order valence-corrected chi connectivity index (χ0v) is 15.4. The topological polar surface area (TPSA) is 110 Å². The molecule has 146 valence electrons. The smallest absolute Gasteiger partial charge is 0.307 e. The fourth-order valence-corrected chi connectivity index (χ4v) is 4.48. The molecule has 7 heteroatoms. The summed E-state index contributed by atoms with van der Waals surface area (Å²) in [4.78, 5) is 36.0. The lowest BCUT2D eigenvalue weighted by Gasteiger charge is -2.21. The number of carbonyl (C=O) groups excluding carboxylic acids is 3. The van der Waals surface area contributed by atoms with Gasteiger partial charge in [0, 0.05) is 6.92 Å². The van der Waals surface area contributed by atoms with Crippen molar-refractivity contribution in [1.82, 2.24) is 0 Å². The molecule has 1 heterocycles. The van der Waals surface area contributed by atoms with E-state index in [-0.39, 0.29) is 25.4 Å². The Balaban J connectivity index is 1.84. The van der Waals surface area contributed by atoms with Crippen LogP contribution in [0, 0.1) is 11.3 Å². The Labute approximate surface area is 157 Å². The van der Waals surface area contributed by atoms with E-state index >= 15 is 0 Å². The molecule has 0 aromatic carbocycles. The molecular formula is C20H24O7. The lowest BCUT2D eigenvalue weighted by Crippen LogP contribution is -2.30. The van der Waals surface area contributed by atoms with Crippen molar-refractivity contribution in [3.05, 3.63) is 35.5 Å². The van der Waals surface area contributed by atoms with Crippen LogP contribution >= 0.6 is 0 Å². The van der Waals surface area contributed by atoms with Gasteiger partial charge < -0.3 is 19.7 Å². The zero-order chi connectivity index (χ0) is 19.8. The van der Waals surface area contributed by atoms with Crippen LogP contribution < -0.4 is 0 Å². The molecule has 27 heavy (non-hydrogen) atoms. The number of hydrogen-bond acceptors (Lipinski definition) is 7. The standard InChI is InChI=1S/C20H24O7/c1-12(4-3-5-14(10-21)11-22)8-20-18-15(26-13(2)23)6-7-16(24)19(18,20)9-17(25)27-20/h5-8,15,18,21-22H,3-4,9-11H2,1-2H3/b12-8+/t15-,18?,19?,20+/m1/s1. The molecule has 4 atom stereocenters. The van der Waals surface area contributed by atoms with Gasteiger partial charge >= 0.3 is 11.9 Å². The van der Waals surface area contributed by atoms with Gasteiger partial charge in [-0.25, -0.2) is 0 Å². The van der Waals surface area contributed by atoms with Crippen LogP contribution in [0.5, 0.6) is 0 Å². The first-order chi connectivity index (χ1) is 12.8. The van der Waals surface area contributed by atoms with Crippen molar-refractivity contribution in [2.75, 3.05) is 13.2 Å². The fourth-order valence-electron chi connectivity index (χ4n) is 4.48. The van der Waals surface area contributed by atoms with Gasteiger partial charge in [0.05, 0.1) is 31.0 Å². The van der Waals surface area contributed by atoms with Gasteiger partial charge in [-0.05, 0) is 43.6 Å². The zero-order valence-electron chi connectivity index (χ0n) is 15.4. The number of ketones is 1. The SMILES string of the molecule is CC(=O)O[C@@H]1C=CC(=O)C23CC(=O)O[C@@]2(/C=C(\C)CCC=C(CO)CO)C13. The first-order valence-corrected chi connectivity index (χ1v) is 9.00. The third kappa shape index (κ3) is 3.04. The van der Waals surface area contributed by atoms with Crippen LogP contribution in [0.25, 0.3) is 0 Å². The minimum Gasteiger partial charge on any atom is -0.458 e. The Kier molecular flexibility index (Phi) is 5.10. The van der Waals surface area contributed by atoms with E-state index in [9.17, 15) is 14.4 Å². The number of aliphatic hydroxyl groups is 2. The average molecular weight is 376 g/mol. The Morgan fingerprint density at radius 2 is 2.04 bits per heavy atom. The molecule has 2 fully saturated rings. The molecule has 3 rings (SSSR count). The molecule has 2 unspecified atom stereocenters. The molecule has 0 aromatic heterocycles. The number of aliphatic hydroxyl groups excluding tert-OH is 2. The molecule has 2 N–H and O–H groups in total. The van der Waals surface area contributed by atoms with Crippen LogP contribution in [-0.2, 0) is 23.9 Å². The van der Waals surface area contributed by atoms with Crippen LogP contribution in [0.1, 0.15) is 33.1 Å². The molecule has 0 bridgehead atoms. The predicted octanol–water partition coefficient (Wildman–Crippen LogP) is 0.996. The quantitative estimate of drug-likeness (QED) is 0.504. The van der Waals surface area contributed by atoms with Crippen molar-refractivity contribution >= 4 is 17.7 Å². The number of esters is 2. The third-order valence-electron chi connectivity index (χ3n) is 5.66. The molecule has 2 aliphatic carbocycles. The summed E-state index contributed by atoms with van der Waals surface area (Å²) in [6, 6.07) is 0. The molecule has 3 aliphatic rings. The van der Waals surface area contributed by atoms with Crippen molar-refractivity contribution < 1.29 is 34.1 Å². The van der Waals surface area contributed by atoms with E-state index in [0.717, 1.165) is 5.57 Å². The van der Waals surface area contributed by atoms with E-state index in [2.05, 4.69) is 0 Å². The lowest BCUT2D eigenvalue weighted by molar-refractivity contribution is -0.150. The van der Waals surface area contributed by atoms with Gasteiger partial charge in [-0.3, -0.25) is 14.4 Å². The third-order valence-corrected chi connectivity index (χ3v) is 5.66. The summed E-state index contributed by atoms with van der Waals surface area (Å²) in [5, 5.41) is 18.2. The number of allylic oxidation sites excluding steroid dienone is 3. The van der Waals surface area contributed by atoms with Crippen molar-refractivity contribution in [3.63, 3.8) is 0 Å². The molecule has 1 saturated carbocycles. The van der Waals surface area contributed by atoms with Gasteiger partial charge in [-0.2, -0.15) is 0 Å². The monoisotopic (exact) mass is 376 g/mol. The largest absolute Gasteiger partial charge is 0.458 e. The summed E-state index contributed by atoms with van der Waals surface area (Å²) in [7, 11) is 0. The molecule has 0 aromatic rings. The number of rotatable bonds is 7. The summed E-state index contributed by atoms with van der Waals surface area (Å²) in [6.07, 6.45) is 7.12. The average Bonchev–Trinajstić information content (AvgIpc) is 3.02. The van der Waals surface area contributed by atoms with E-state index < -0.39 is 35.0 Å². The Morgan fingerprint density at radius 1 is 1.33 bits per heavy atom. The highest BCUT2D eigenvalue weighted by Gasteiger charge is 2.88. The maximum absolute atomic E-state index is 12.6. The predicted molar refractivity (Wildman–Crippen MR) is 94.3 cm³/mol. The molecule has 7 nitrogen and oxygen atoms in total. The summed E-state index contributed by atoms with van der Waals surface area (Å²) in [5.74, 6) is -1.45. The number of ether oxygens (including phenoxy) is 2. The highest BCUT2D eigenvalue weighted by Crippen LogP contribution is 2.74. The number of hydrogen-bond donors (Lipinski definition) is 2.